The van der Waals surface area contributed by atoms with Gasteiger partial charge in [-0.15, -0.1) is 0 Å². The van der Waals surface area contributed by atoms with E-state index in [0.29, 0.717) is 36.0 Å². The van der Waals surface area contributed by atoms with Crippen LogP contribution < -0.4 is 4.74 Å². The maximum atomic E-state index is 11.1. The molecule has 5 heteroatoms. The predicted molar refractivity (Wildman–Crippen MR) is 77.4 cm³/mol. The number of carbonyl (C=O) groups excluding carboxylic acids is 2. The van der Waals surface area contributed by atoms with E-state index in [0.717, 1.165) is 25.5 Å². The first-order valence-corrected chi connectivity index (χ1v) is 7.08. The van der Waals surface area contributed by atoms with Crippen LogP contribution in [0.2, 0.25) is 5.02 Å². The summed E-state index contributed by atoms with van der Waals surface area (Å²) in [4.78, 5) is 22.0. The van der Waals surface area contributed by atoms with Crippen LogP contribution in [0.15, 0.2) is 18.2 Å². The van der Waals surface area contributed by atoms with Gasteiger partial charge in [-0.3, -0.25) is 9.59 Å². The van der Waals surface area contributed by atoms with Gasteiger partial charge < -0.3 is 9.47 Å². The van der Waals surface area contributed by atoms with Gasteiger partial charge in [0.2, 0.25) is 0 Å². The highest BCUT2D eigenvalue weighted by atomic mass is 35.5. The summed E-state index contributed by atoms with van der Waals surface area (Å²) in [6.45, 7) is 2.72. The van der Waals surface area contributed by atoms with Crippen molar-refractivity contribution >= 4 is 23.9 Å². The molecule has 0 aliphatic rings. The minimum atomic E-state index is -0.158. The Morgan fingerprint density at radius 3 is 2.80 bits per heavy atom. The minimum Gasteiger partial charge on any atom is -0.493 e. The maximum absolute atomic E-state index is 11.1. The second-order valence-corrected chi connectivity index (χ2v) is 4.70. The maximum Gasteiger partial charge on any atom is 0.305 e. The molecule has 0 N–H and O–H groups in total. The molecular weight excluding hydrogens is 280 g/mol. The lowest BCUT2D eigenvalue weighted by atomic mass is 10.2. The standard InChI is InChI=1S/C15H19ClO4/c1-2-19-15(18)6-4-3-5-9-20-14-8-7-13(16)10-12(14)11-17/h7-8,10-11H,2-6,9H2,1H3. The van der Waals surface area contributed by atoms with Gasteiger partial charge in [0.15, 0.2) is 6.29 Å². The fourth-order valence-corrected chi connectivity index (χ4v) is 1.89. The summed E-state index contributed by atoms with van der Waals surface area (Å²) in [5.74, 6) is 0.379. The zero-order valence-electron chi connectivity index (χ0n) is 11.6. The highest BCUT2D eigenvalue weighted by Crippen LogP contribution is 2.21. The van der Waals surface area contributed by atoms with E-state index < -0.39 is 0 Å². The normalized spacial score (nSPS) is 10.1. The Morgan fingerprint density at radius 2 is 2.10 bits per heavy atom. The molecule has 0 bridgehead atoms. The monoisotopic (exact) mass is 298 g/mol. The van der Waals surface area contributed by atoms with Crippen LogP contribution >= 0.6 is 11.6 Å². The third-order valence-corrected chi connectivity index (χ3v) is 2.92. The Morgan fingerprint density at radius 1 is 1.30 bits per heavy atom. The number of aldehydes is 1. The average Bonchev–Trinajstić information content (AvgIpc) is 2.44. The van der Waals surface area contributed by atoms with Gasteiger partial charge >= 0.3 is 5.97 Å². The molecule has 0 aliphatic carbocycles. The van der Waals surface area contributed by atoms with Crippen LogP contribution in [0.4, 0.5) is 0 Å². The molecule has 0 saturated heterocycles. The first-order chi connectivity index (χ1) is 9.67. The molecule has 0 spiro atoms. The number of carbonyl (C=O) groups is 2. The molecule has 0 fully saturated rings. The quantitative estimate of drug-likeness (QED) is 0.397. The molecule has 0 aliphatic heterocycles. The molecule has 4 nitrogen and oxygen atoms in total. The number of rotatable bonds is 9. The Labute approximate surface area is 124 Å². The van der Waals surface area contributed by atoms with Crippen LogP contribution in [-0.4, -0.2) is 25.5 Å². The molecule has 0 radical (unpaired) electrons. The van der Waals surface area contributed by atoms with Crippen molar-refractivity contribution in [1.82, 2.24) is 0 Å². The molecule has 20 heavy (non-hydrogen) atoms. The van der Waals surface area contributed by atoms with E-state index in [1.54, 1.807) is 25.1 Å². The number of halogens is 1. The van der Waals surface area contributed by atoms with Crippen molar-refractivity contribution in [2.24, 2.45) is 0 Å². The summed E-state index contributed by atoms with van der Waals surface area (Å²) < 4.78 is 10.4. The van der Waals surface area contributed by atoms with Crippen molar-refractivity contribution in [2.75, 3.05) is 13.2 Å². The second-order valence-electron chi connectivity index (χ2n) is 4.26. The van der Waals surface area contributed by atoms with Crippen LogP contribution in [0, 0.1) is 0 Å². The van der Waals surface area contributed by atoms with E-state index >= 15 is 0 Å². The van der Waals surface area contributed by atoms with Gasteiger partial charge in [0.05, 0.1) is 18.8 Å². The fraction of sp³-hybridized carbons (Fsp3) is 0.467. The summed E-state index contributed by atoms with van der Waals surface area (Å²) >= 11 is 5.80. The molecule has 0 heterocycles. The fourth-order valence-electron chi connectivity index (χ4n) is 1.71. The first-order valence-electron chi connectivity index (χ1n) is 6.70. The van der Waals surface area contributed by atoms with Gasteiger partial charge in [-0.05, 0) is 44.4 Å². The van der Waals surface area contributed by atoms with Crippen molar-refractivity contribution in [3.63, 3.8) is 0 Å². The molecule has 0 unspecified atom stereocenters. The lowest BCUT2D eigenvalue weighted by molar-refractivity contribution is -0.143. The molecule has 1 aromatic rings. The van der Waals surface area contributed by atoms with Crippen molar-refractivity contribution in [1.29, 1.82) is 0 Å². The number of hydrogen-bond donors (Lipinski definition) is 0. The van der Waals surface area contributed by atoms with Crippen LogP contribution in [0.3, 0.4) is 0 Å². The smallest absolute Gasteiger partial charge is 0.305 e. The Kier molecular flexibility index (Phi) is 7.73. The SMILES string of the molecule is CCOC(=O)CCCCCOc1ccc(Cl)cc1C=O. The lowest BCUT2D eigenvalue weighted by Crippen LogP contribution is -2.04. The molecular formula is C15H19ClO4. The number of hydrogen-bond acceptors (Lipinski definition) is 4. The average molecular weight is 299 g/mol. The molecule has 0 aromatic heterocycles. The Balaban J connectivity index is 2.21. The molecule has 0 saturated carbocycles. The molecule has 110 valence electrons. The number of esters is 1. The zero-order chi connectivity index (χ0) is 14.8. The van der Waals surface area contributed by atoms with Gasteiger partial charge in [-0.1, -0.05) is 11.6 Å². The first kappa shape index (κ1) is 16.5. The van der Waals surface area contributed by atoms with Gasteiger partial charge in [0.25, 0.3) is 0 Å². The third-order valence-electron chi connectivity index (χ3n) is 2.69. The zero-order valence-corrected chi connectivity index (χ0v) is 12.3. The summed E-state index contributed by atoms with van der Waals surface area (Å²) in [5, 5.41) is 0.508. The van der Waals surface area contributed by atoms with E-state index in [2.05, 4.69) is 0 Å². The molecule has 1 aromatic carbocycles. The van der Waals surface area contributed by atoms with Crippen LogP contribution in [-0.2, 0) is 9.53 Å². The van der Waals surface area contributed by atoms with E-state index in [9.17, 15) is 9.59 Å². The van der Waals surface area contributed by atoms with Crippen LogP contribution in [0.25, 0.3) is 0 Å². The van der Waals surface area contributed by atoms with Crippen LogP contribution in [0.1, 0.15) is 43.0 Å². The van der Waals surface area contributed by atoms with Crippen molar-refractivity contribution in [2.45, 2.75) is 32.6 Å². The molecule has 0 amide bonds. The van der Waals surface area contributed by atoms with Gasteiger partial charge in [0, 0.05) is 11.4 Å². The number of ether oxygens (including phenoxy) is 2. The number of unbranched alkanes of at least 4 members (excludes halogenated alkanes) is 2. The van der Waals surface area contributed by atoms with Crippen LogP contribution in [0.5, 0.6) is 5.75 Å². The summed E-state index contributed by atoms with van der Waals surface area (Å²) in [7, 11) is 0. The van der Waals surface area contributed by atoms with Gasteiger partial charge in [-0.25, -0.2) is 0 Å². The largest absolute Gasteiger partial charge is 0.493 e. The lowest BCUT2D eigenvalue weighted by Gasteiger charge is -2.08. The number of benzene rings is 1. The summed E-state index contributed by atoms with van der Waals surface area (Å²) in [5.41, 5.74) is 0.448. The van der Waals surface area contributed by atoms with Gasteiger partial charge in [-0.2, -0.15) is 0 Å². The van der Waals surface area contributed by atoms with E-state index in [1.165, 1.54) is 0 Å². The Bertz CT molecular complexity index is 445. The highest BCUT2D eigenvalue weighted by molar-refractivity contribution is 6.30. The van der Waals surface area contributed by atoms with E-state index in [4.69, 9.17) is 21.1 Å². The molecule has 0 atom stereocenters. The highest BCUT2D eigenvalue weighted by Gasteiger charge is 2.04. The van der Waals surface area contributed by atoms with E-state index in [1.807, 2.05) is 0 Å². The molecule has 1 rings (SSSR count). The predicted octanol–water partition coefficient (Wildman–Crippen LogP) is 3.65. The van der Waals surface area contributed by atoms with E-state index in [-0.39, 0.29) is 5.97 Å². The summed E-state index contributed by atoms with van der Waals surface area (Å²) in [6.07, 6.45) is 3.64. The van der Waals surface area contributed by atoms with Crippen molar-refractivity contribution < 1.29 is 19.1 Å². The van der Waals surface area contributed by atoms with Crippen molar-refractivity contribution in [3.05, 3.63) is 28.8 Å². The van der Waals surface area contributed by atoms with Crippen molar-refractivity contribution in [3.8, 4) is 5.75 Å². The van der Waals surface area contributed by atoms with Gasteiger partial charge in [0.1, 0.15) is 5.75 Å². The Hall–Kier alpha value is -1.55. The third kappa shape index (κ3) is 6.06. The second kappa shape index (κ2) is 9.37. The topological polar surface area (TPSA) is 52.6 Å². The summed E-state index contributed by atoms with van der Waals surface area (Å²) in [6, 6.07) is 4.94. The minimum absolute atomic E-state index is 0.158.